The second kappa shape index (κ2) is 8.77. The quantitative estimate of drug-likeness (QED) is 0.788. The molecule has 0 saturated heterocycles. The summed E-state index contributed by atoms with van der Waals surface area (Å²) in [6.45, 7) is 3.76. The summed E-state index contributed by atoms with van der Waals surface area (Å²) >= 11 is 0. The first kappa shape index (κ1) is 14.5. The Kier molecular flexibility index (Phi) is 7.94. The van der Waals surface area contributed by atoms with E-state index in [-0.39, 0.29) is 0 Å². The largest absolute Gasteiger partial charge is 0.497 e. The van der Waals surface area contributed by atoms with Crippen LogP contribution in [0.4, 0.5) is 0 Å². The van der Waals surface area contributed by atoms with Crippen molar-refractivity contribution >= 4 is 5.78 Å². The Morgan fingerprint density at radius 2 is 1.25 bits per heavy atom. The van der Waals surface area contributed by atoms with Gasteiger partial charge in [-0.05, 0) is 24.3 Å². The molecule has 0 aromatic heterocycles. The van der Waals surface area contributed by atoms with Gasteiger partial charge in [-0.15, -0.1) is 0 Å². The van der Waals surface area contributed by atoms with Crippen molar-refractivity contribution in [3.63, 3.8) is 0 Å². The first-order chi connectivity index (χ1) is 7.67. The van der Waals surface area contributed by atoms with Gasteiger partial charge < -0.3 is 9.47 Å². The van der Waals surface area contributed by atoms with E-state index in [0.29, 0.717) is 18.6 Å². The maximum atomic E-state index is 10.2. The topological polar surface area (TPSA) is 35.5 Å². The van der Waals surface area contributed by atoms with Gasteiger partial charge in [-0.2, -0.15) is 0 Å². The summed E-state index contributed by atoms with van der Waals surface area (Å²) in [7, 11) is 3.28. The number of Topliss-reactive ketones (excluding diaryl/α,β-unsaturated/α-hetero) is 1. The number of hydrogen-bond donors (Lipinski definition) is 0. The Morgan fingerprint density at radius 1 is 0.938 bits per heavy atom. The fraction of sp³-hybridized carbons (Fsp3) is 0.462. The Balaban J connectivity index is 0.000000325. The lowest BCUT2D eigenvalue weighted by atomic mass is 10.3. The van der Waals surface area contributed by atoms with Crippen LogP contribution in [0.2, 0.25) is 0 Å². The molecule has 0 aliphatic carbocycles. The van der Waals surface area contributed by atoms with Gasteiger partial charge in [0, 0.05) is 12.8 Å². The van der Waals surface area contributed by atoms with E-state index in [1.807, 2.05) is 38.1 Å². The molecule has 90 valence electrons. The number of carbonyl (C=O) groups is 1. The van der Waals surface area contributed by atoms with Crippen LogP contribution < -0.4 is 9.47 Å². The molecule has 0 amide bonds. The van der Waals surface area contributed by atoms with Crippen LogP contribution in [0.15, 0.2) is 24.3 Å². The van der Waals surface area contributed by atoms with Gasteiger partial charge in [-0.1, -0.05) is 13.8 Å². The summed E-state index contributed by atoms with van der Waals surface area (Å²) in [5, 5.41) is 0. The van der Waals surface area contributed by atoms with Crippen molar-refractivity contribution in [2.75, 3.05) is 14.2 Å². The third kappa shape index (κ3) is 6.06. The molecule has 0 N–H and O–H groups in total. The third-order valence-electron chi connectivity index (χ3n) is 2.08. The molecule has 0 aliphatic heterocycles. The number of hydrogen-bond acceptors (Lipinski definition) is 3. The van der Waals surface area contributed by atoms with E-state index >= 15 is 0 Å². The van der Waals surface area contributed by atoms with E-state index in [2.05, 4.69) is 0 Å². The standard InChI is InChI=1S/C8H10O2.C5H10O/c1-9-7-3-5-8(10-2)6-4-7;1-3-5(6)4-2/h3-6H,1-2H3;3-4H2,1-2H3. The predicted octanol–water partition coefficient (Wildman–Crippen LogP) is 3.08. The zero-order valence-corrected chi connectivity index (χ0v) is 10.4. The molecule has 0 aliphatic rings. The molecular weight excluding hydrogens is 204 g/mol. The first-order valence-corrected chi connectivity index (χ1v) is 5.37. The normalized spacial score (nSPS) is 8.75. The Labute approximate surface area is 97.4 Å². The minimum atomic E-state index is 0.343. The minimum Gasteiger partial charge on any atom is -0.497 e. The number of ether oxygens (including phenoxy) is 2. The average molecular weight is 224 g/mol. The Bertz CT molecular complexity index is 262. The third-order valence-corrected chi connectivity index (χ3v) is 2.08. The number of benzene rings is 1. The van der Waals surface area contributed by atoms with E-state index in [0.717, 1.165) is 11.5 Å². The van der Waals surface area contributed by atoms with Crippen molar-refractivity contribution in [3.05, 3.63) is 24.3 Å². The van der Waals surface area contributed by atoms with Gasteiger partial charge >= 0.3 is 0 Å². The number of ketones is 1. The molecule has 3 nitrogen and oxygen atoms in total. The van der Waals surface area contributed by atoms with Crippen LogP contribution in [0.3, 0.4) is 0 Å². The van der Waals surface area contributed by atoms with Crippen LogP contribution in [0.5, 0.6) is 11.5 Å². The molecule has 0 saturated carbocycles. The molecule has 0 radical (unpaired) electrons. The SMILES string of the molecule is CCC(=O)CC.COc1ccc(OC)cc1. The van der Waals surface area contributed by atoms with Crippen molar-refractivity contribution < 1.29 is 14.3 Å². The fourth-order valence-corrected chi connectivity index (χ4v) is 0.962. The zero-order chi connectivity index (χ0) is 12.4. The van der Waals surface area contributed by atoms with Gasteiger partial charge in [0.25, 0.3) is 0 Å². The van der Waals surface area contributed by atoms with Crippen LogP contribution in [0, 0.1) is 0 Å². The molecule has 3 heteroatoms. The molecular formula is C13H20O3. The fourth-order valence-electron chi connectivity index (χ4n) is 0.962. The van der Waals surface area contributed by atoms with Crippen molar-refractivity contribution in [2.24, 2.45) is 0 Å². The monoisotopic (exact) mass is 224 g/mol. The average Bonchev–Trinajstić information content (AvgIpc) is 2.38. The molecule has 0 atom stereocenters. The maximum Gasteiger partial charge on any atom is 0.132 e. The molecule has 0 unspecified atom stereocenters. The van der Waals surface area contributed by atoms with Gasteiger partial charge in [0.2, 0.25) is 0 Å². The number of carbonyl (C=O) groups excluding carboxylic acids is 1. The Morgan fingerprint density at radius 3 is 1.38 bits per heavy atom. The van der Waals surface area contributed by atoms with Crippen molar-refractivity contribution in [3.8, 4) is 11.5 Å². The van der Waals surface area contributed by atoms with E-state index in [9.17, 15) is 4.79 Å². The maximum absolute atomic E-state index is 10.2. The molecule has 1 rings (SSSR count). The summed E-state index contributed by atoms with van der Waals surface area (Å²) in [6.07, 6.45) is 1.38. The van der Waals surface area contributed by atoms with Crippen LogP contribution in [0.25, 0.3) is 0 Å². The van der Waals surface area contributed by atoms with Gasteiger partial charge in [0.1, 0.15) is 17.3 Å². The number of rotatable bonds is 4. The van der Waals surface area contributed by atoms with E-state index in [1.54, 1.807) is 14.2 Å². The second-order valence-electron chi connectivity index (χ2n) is 3.13. The van der Waals surface area contributed by atoms with Crippen molar-refractivity contribution in [1.29, 1.82) is 0 Å². The summed E-state index contributed by atoms with van der Waals surface area (Å²) in [4.78, 5) is 10.2. The molecule has 16 heavy (non-hydrogen) atoms. The lowest BCUT2D eigenvalue weighted by molar-refractivity contribution is -0.118. The Hall–Kier alpha value is -1.51. The molecule has 1 aromatic rings. The molecule has 1 aromatic carbocycles. The first-order valence-electron chi connectivity index (χ1n) is 5.37. The lowest BCUT2D eigenvalue weighted by Crippen LogP contribution is -1.88. The minimum absolute atomic E-state index is 0.343. The van der Waals surface area contributed by atoms with E-state index in [1.165, 1.54) is 0 Å². The smallest absolute Gasteiger partial charge is 0.132 e. The summed E-state index contributed by atoms with van der Waals surface area (Å²) in [5.74, 6) is 2.04. The second-order valence-corrected chi connectivity index (χ2v) is 3.13. The van der Waals surface area contributed by atoms with Crippen molar-refractivity contribution in [1.82, 2.24) is 0 Å². The number of methoxy groups -OCH3 is 2. The molecule has 0 bridgehead atoms. The lowest BCUT2D eigenvalue weighted by Gasteiger charge is -2.00. The summed E-state index contributed by atoms with van der Waals surface area (Å²) < 4.78 is 9.92. The highest BCUT2D eigenvalue weighted by atomic mass is 16.5. The zero-order valence-electron chi connectivity index (χ0n) is 10.4. The van der Waals surface area contributed by atoms with Crippen LogP contribution >= 0.6 is 0 Å². The van der Waals surface area contributed by atoms with Gasteiger partial charge in [0.05, 0.1) is 14.2 Å². The predicted molar refractivity (Wildman–Crippen MR) is 65.1 cm³/mol. The highest BCUT2D eigenvalue weighted by molar-refractivity contribution is 5.77. The highest BCUT2D eigenvalue weighted by Crippen LogP contribution is 2.15. The van der Waals surface area contributed by atoms with Gasteiger partial charge in [-0.3, -0.25) is 4.79 Å². The van der Waals surface area contributed by atoms with Crippen LogP contribution in [0.1, 0.15) is 26.7 Å². The van der Waals surface area contributed by atoms with Crippen LogP contribution in [-0.2, 0) is 4.79 Å². The van der Waals surface area contributed by atoms with E-state index in [4.69, 9.17) is 9.47 Å². The molecule has 0 fully saturated rings. The molecule has 0 spiro atoms. The van der Waals surface area contributed by atoms with Gasteiger partial charge in [-0.25, -0.2) is 0 Å². The van der Waals surface area contributed by atoms with Crippen molar-refractivity contribution in [2.45, 2.75) is 26.7 Å². The summed E-state index contributed by atoms with van der Waals surface area (Å²) in [6, 6.07) is 7.44. The van der Waals surface area contributed by atoms with Crippen LogP contribution in [-0.4, -0.2) is 20.0 Å². The molecule has 0 heterocycles. The summed E-state index contributed by atoms with van der Waals surface area (Å²) in [5.41, 5.74) is 0. The van der Waals surface area contributed by atoms with Gasteiger partial charge in [0.15, 0.2) is 0 Å². The van der Waals surface area contributed by atoms with E-state index < -0.39 is 0 Å². The highest BCUT2D eigenvalue weighted by Gasteiger charge is 1.90.